The minimum Gasteiger partial charge on any atom is -0.388 e. The number of unbranched alkanes of at least 4 members (excludes halogenated alkanes) is 1. The molecule has 2 aliphatic rings. The third kappa shape index (κ3) is 9.17. The molecule has 1 aliphatic carbocycles. The van der Waals surface area contributed by atoms with Crippen LogP contribution in [0.4, 0.5) is 0 Å². The first-order valence-corrected chi connectivity index (χ1v) is 14.4. The van der Waals surface area contributed by atoms with Crippen molar-refractivity contribution in [3.63, 3.8) is 0 Å². The fraction of sp³-hybridized carbons (Fsp3) is 0.655. The van der Waals surface area contributed by atoms with E-state index in [4.69, 9.17) is 22.7 Å². The summed E-state index contributed by atoms with van der Waals surface area (Å²) in [5.74, 6) is -0.944. The number of nitrogens with two attached hydrogens (primary N) is 1. The van der Waals surface area contributed by atoms with E-state index >= 15 is 0 Å². The maximum Gasteiger partial charge on any atom is 0.287 e. The maximum absolute atomic E-state index is 12.7. The number of halogens is 1. The highest BCUT2D eigenvalue weighted by Crippen LogP contribution is 2.41. The van der Waals surface area contributed by atoms with Crippen molar-refractivity contribution in [2.45, 2.75) is 108 Å². The first-order chi connectivity index (χ1) is 18.2. The number of ketones is 2. The summed E-state index contributed by atoms with van der Waals surface area (Å²) in [6.07, 6.45) is 9.66. The standard InChI is InChI=1S/C29H43ClN4O4/c30-22-12-10-21(11-13-22)19-26(37)28(38)33-23-14-18-34(29(20-23)15-4-1-5-16-29)17-6-8-25(36)24(35)7-2-3-9-27(31)32/h10-13,23-24,35H,1-9,14-20H2,(H3,31,32)(H,33,38). The normalized spacial score (nSPS) is 20.1. The molecule has 0 radical (unpaired) electrons. The predicted octanol–water partition coefficient (Wildman–Crippen LogP) is 3.94. The number of amides is 1. The number of rotatable bonds is 14. The molecular formula is C29H43ClN4O4. The van der Waals surface area contributed by atoms with Crippen LogP contribution in [0.25, 0.3) is 0 Å². The highest BCUT2D eigenvalue weighted by molar-refractivity contribution is 6.36. The Morgan fingerprint density at radius 2 is 1.82 bits per heavy atom. The third-order valence-corrected chi connectivity index (χ3v) is 8.34. The van der Waals surface area contributed by atoms with Gasteiger partial charge in [-0.1, -0.05) is 43.0 Å². The van der Waals surface area contributed by atoms with E-state index in [0.29, 0.717) is 43.5 Å². The molecule has 5 N–H and O–H groups in total. The van der Waals surface area contributed by atoms with Crippen molar-refractivity contribution in [2.75, 3.05) is 13.1 Å². The molecule has 1 amide bonds. The molecule has 2 atom stereocenters. The average Bonchev–Trinajstić information content (AvgIpc) is 2.89. The zero-order valence-electron chi connectivity index (χ0n) is 22.4. The smallest absolute Gasteiger partial charge is 0.287 e. The number of carbonyl (C=O) groups is 3. The van der Waals surface area contributed by atoms with Crippen molar-refractivity contribution in [1.29, 1.82) is 5.41 Å². The maximum atomic E-state index is 12.7. The number of amidine groups is 1. The van der Waals surface area contributed by atoms with Crippen LogP contribution >= 0.6 is 11.6 Å². The lowest BCUT2D eigenvalue weighted by atomic mass is 9.73. The second-order valence-electron chi connectivity index (χ2n) is 11.0. The van der Waals surface area contributed by atoms with E-state index in [-0.39, 0.29) is 29.6 Å². The van der Waals surface area contributed by atoms with E-state index in [0.717, 1.165) is 57.2 Å². The summed E-state index contributed by atoms with van der Waals surface area (Å²) in [5, 5.41) is 21.1. The molecule has 1 aromatic carbocycles. The van der Waals surface area contributed by atoms with Crippen LogP contribution < -0.4 is 11.1 Å². The SMILES string of the molecule is N=C(N)CCCCC(O)C(=O)CCCN1CCC(NC(=O)C(=O)Cc2ccc(Cl)cc2)CC12CCCCC2. The average molecular weight is 547 g/mol. The first kappa shape index (κ1) is 30.3. The van der Waals surface area contributed by atoms with Crippen LogP contribution in [0.3, 0.4) is 0 Å². The Labute approximate surface area is 231 Å². The minimum absolute atomic E-state index is 0.0119. The molecule has 1 heterocycles. The van der Waals surface area contributed by atoms with Crippen LogP contribution in [0, 0.1) is 5.41 Å². The lowest BCUT2D eigenvalue weighted by molar-refractivity contribution is -0.138. The summed E-state index contributed by atoms with van der Waals surface area (Å²) in [7, 11) is 0. The van der Waals surface area contributed by atoms with Gasteiger partial charge in [-0.2, -0.15) is 0 Å². The highest BCUT2D eigenvalue weighted by atomic mass is 35.5. The predicted molar refractivity (Wildman–Crippen MR) is 149 cm³/mol. The molecule has 1 aromatic rings. The second kappa shape index (κ2) is 14.8. The summed E-state index contributed by atoms with van der Waals surface area (Å²) >= 11 is 5.91. The fourth-order valence-corrected chi connectivity index (χ4v) is 6.13. The molecule has 3 rings (SSSR count). The molecule has 1 saturated carbocycles. The number of benzene rings is 1. The number of aliphatic hydroxyl groups is 1. The number of hydrogen-bond donors (Lipinski definition) is 4. The number of aliphatic hydroxyl groups excluding tert-OH is 1. The molecule has 1 spiro atoms. The zero-order chi connectivity index (χ0) is 27.5. The van der Waals surface area contributed by atoms with Crippen molar-refractivity contribution >= 4 is 34.9 Å². The number of nitrogens with one attached hydrogen (secondary N) is 2. The van der Waals surface area contributed by atoms with Gasteiger partial charge in [0.25, 0.3) is 5.91 Å². The van der Waals surface area contributed by atoms with Gasteiger partial charge in [0.1, 0.15) is 6.10 Å². The van der Waals surface area contributed by atoms with Crippen LogP contribution in [0.5, 0.6) is 0 Å². The lowest BCUT2D eigenvalue weighted by Crippen LogP contribution is -2.59. The summed E-state index contributed by atoms with van der Waals surface area (Å²) in [6, 6.07) is 6.93. The van der Waals surface area contributed by atoms with Crippen LogP contribution in [0.1, 0.15) is 89.0 Å². The van der Waals surface area contributed by atoms with Gasteiger partial charge in [-0.3, -0.25) is 24.7 Å². The van der Waals surface area contributed by atoms with Gasteiger partial charge in [0, 0.05) is 42.4 Å². The lowest BCUT2D eigenvalue weighted by Gasteiger charge is -2.52. The van der Waals surface area contributed by atoms with Crippen molar-refractivity contribution < 1.29 is 19.5 Å². The quantitative estimate of drug-likeness (QED) is 0.121. The number of nitrogens with zero attached hydrogens (tertiary/aromatic N) is 1. The van der Waals surface area contributed by atoms with Crippen LogP contribution in [-0.4, -0.2) is 64.1 Å². The fourth-order valence-electron chi connectivity index (χ4n) is 6.00. The van der Waals surface area contributed by atoms with Crippen LogP contribution in [0.2, 0.25) is 5.02 Å². The van der Waals surface area contributed by atoms with Gasteiger partial charge in [0.2, 0.25) is 5.78 Å². The van der Waals surface area contributed by atoms with Crippen molar-refractivity contribution in [2.24, 2.45) is 5.73 Å². The van der Waals surface area contributed by atoms with Crippen LogP contribution in [-0.2, 0) is 20.8 Å². The molecular weight excluding hydrogens is 504 g/mol. The number of piperidine rings is 1. The summed E-state index contributed by atoms with van der Waals surface area (Å²) < 4.78 is 0. The zero-order valence-corrected chi connectivity index (χ0v) is 23.1. The van der Waals surface area contributed by atoms with E-state index < -0.39 is 17.8 Å². The van der Waals surface area contributed by atoms with Gasteiger partial charge in [-0.25, -0.2) is 0 Å². The summed E-state index contributed by atoms with van der Waals surface area (Å²) in [5.41, 5.74) is 6.11. The topological polar surface area (TPSA) is 137 Å². The largest absolute Gasteiger partial charge is 0.388 e. The molecule has 8 nitrogen and oxygen atoms in total. The first-order valence-electron chi connectivity index (χ1n) is 14.1. The van der Waals surface area contributed by atoms with E-state index in [1.807, 2.05) is 0 Å². The van der Waals surface area contributed by atoms with Crippen molar-refractivity contribution in [1.82, 2.24) is 10.2 Å². The number of hydrogen-bond acceptors (Lipinski definition) is 6. The van der Waals surface area contributed by atoms with E-state index in [9.17, 15) is 19.5 Å². The number of Topliss-reactive ketones (excluding diaryl/α,β-unsaturated/α-hetero) is 2. The molecule has 1 saturated heterocycles. The van der Waals surface area contributed by atoms with Gasteiger partial charge in [0.05, 0.1) is 5.84 Å². The van der Waals surface area contributed by atoms with Gasteiger partial charge in [0.15, 0.2) is 5.78 Å². The number of likely N-dealkylation sites (tertiary alicyclic amines) is 1. The monoisotopic (exact) mass is 546 g/mol. The number of carbonyl (C=O) groups excluding carboxylic acids is 3. The minimum atomic E-state index is -0.947. The van der Waals surface area contributed by atoms with E-state index in [2.05, 4.69) is 10.2 Å². The molecule has 0 bridgehead atoms. The molecule has 9 heteroatoms. The van der Waals surface area contributed by atoms with Crippen LogP contribution in [0.15, 0.2) is 24.3 Å². The Hall–Kier alpha value is -2.29. The van der Waals surface area contributed by atoms with Crippen molar-refractivity contribution in [3.8, 4) is 0 Å². The molecule has 210 valence electrons. The van der Waals surface area contributed by atoms with Gasteiger partial charge >= 0.3 is 0 Å². The van der Waals surface area contributed by atoms with E-state index in [1.165, 1.54) is 6.42 Å². The van der Waals surface area contributed by atoms with Gasteiger partial charge < -0.3 is 16.2 Å². The summed E-state index contributed by atoms with van der Waals surface area (Å²) in [4.78, 5) is 40.2. The Kier molecular flexibility index (Phi) is 11.7. The Bertz CT molecular complexity index is 962. The molecule has 2 fully saturated rings. The summed E-state index contributed by atoms with van der Waals surface area (Å²) in [6.45, 7) is 1.61. The Morgan fingerprint density at radius 1 is 1.11 bits per heavy atom. The third-order valence-electron chi connectivity index (χ3n) is 8.09. The second-order valence-corrected chi connectivity index (χ2v) is 11.5. The van der Waals surface area contributed by atoms with Gasteiger partial charge in [-0.05, 0) is 75.6 Å². The molecule has 38 heavy (non-hydrogen) atoms. The van der Waals surface area contributed by atoms with Gasteiger partial charge in [-0.15, -0.1) is 0 Å². The molecule has 1 aliphatic heterocycles. The molecule has 0 aromatic heterocycles. The highest BCUT2D eigenvalue weighted by Gasteiger charge is 2.43. The van der Waals surface area contributed by atoms with Crippen molar-refractivity contribution in [3.05, 3.63) is 34.9 Å². The van der Waals surface area contributed by atoms with E-state index in [1.54, 1.807) is 24.3 Å². The Balaban J connectivity index is 1.47. The molecule has 2 unspecified atom stereocenters. The Morgan fingerprint density at radius 3 is 2.50 bits per heavy atom.